The van der Waals surface area contributed by atoms with E-state index in [4.69, 9.17) is 14.6 Å². The second-order valence-corrected chi connectivity index (χ2v) is 6.76. The third kappa shape index (κ3) is 5.41. The molecule has 3 rings (SSSR count). The summed E-state index contributed by atoms with van der Waals surface area (Å²) in [4.78, 5) is 23.0. The van der Waals surface area contributed by atoms with Crippen LogP contribution in [-0.2, 0) is 25.5 Å². The normalized spacial score (nSPS) is 18.7. The first kappa shape index (κ1) is 19.1. The zero-order valence-electron chi connectivity index (χ0n) is 15.2. The molecule has 5 heteroatoms. The molecule has 1 aliphatic carbocycles. The van der Waals surface area contributed by atoms with Gasteiger partial charge in [0.25, 0.3) is 0 Å². The van der Waals surface area contributed by atoms with E-state index in [1.807, 2.05) is 24.3 Å². The molecule has 1 aromatic rings. The van der Waals surface area contributed by atoms with Crippen molar-refractivity contribution in [2.75, 3.05) is 6.61 Å². The molecule has 5 nitrogen and oxygen atoms in total. The molecule has 0 fully saturated rings. The van der Waals surface area contributed by atoms with Gasteiger partial charge in [0.2, 0.25) is 0 Å². The first-order valence-corrected chi connectivity index (χ1v) is 9.31. The summed E-state index contributed by atoms with van der Waals surface area (Å²) < 4.78 is 11.1. The number of ketones is 1. The van der Waals surface area contributed by atoms with Gasteiger partial charge in [-0.05, 0) is 48.5 Å². The Labute approximate surface area is 159 Å². The summed E-state index contributed by atoms with van der Waals surface area (Å²) in [6.07, 6.45) is 8.40. The summed E-state index contributed by atoms with van der Waals surface area (Å²) in [5.74, 6) is -0.834. The lowest BCUT2D eigenvalue weighted by Gasteiger charge is -2.26. The molecule has 1 atom stereocenters. The third-order valence-corrected chi connectivity index (χ3v) is 4.69. The molecule has 0 spiro atoms. The van der Waals surface area contributed by atoms with Crippen LogP contribution in [0, 0.1) is 0 Å². The molecule has 1 aliphatic heterocycles. The highest BCUT2D eigenvalue weighted by molar-refractivity contribution is 6.02. The number of Topliss-reactive ketones (excluding diaryl/α,β-unsaturated/α-hetero) is 1. The first-order valence-electron chi connectivity index (χ1n) is 9.31. The second-order valence-electron chi connectivity index (χ2n) is 6.76. The number of hydrogen-bond acceptors (Lipinski definition) is 4. The van der Waals surface area contributed by atoms with Gasteiger partial charge < -0.3 is 14.6 Å². The summed E-state index contributed by atoms with van der Waals surface area (Å²) in [5.41, 5.74) is 3.81. The van der Waals surface area contributed by atoms with Gasteiger partial charge >= 0.3 is 5.97 Å². The number of aryl methyl sites for hydroxylation is 1. The van der Waals surface area contributed by atoms with Gasteiger partial charge in [-0.1, -0.05) is 30.3 Å². The highest BCUT2D eigenvalue weighted by atomic mass is 16.5. The van der Waals surface area contributed by atoms with Crippen LogP contribution < -0.4 is 0 Å². The smallest absolute Gasteiger partial charge is 0.303 e. The van der Waals surface area contributed by atoms with Crippen LogP contribution >= 0.6 is 0 Å². The number of rotatable bonds is 9. The quantitative estimate of drug-likeness (QED) is 0.668. The van der Waals surface area contributed by atoms with Crippen molar-refractivity contribution in [2.24, 2.45) is 0 Å². The molecule has 27 heavy (non-hydrogen) atoms. The first-order chi connectivity index (χ1) is 13.1. The van der Waals surface area contributed by atoms with E-state index in [0.717, 1.165) is 30.4 Å². The van der Waals surface area contributed by atoms with E-state index in [1.54, 1.807) is 6.26 Å². The Balaban J connectivity index is 1.59. The zero-order chi connectivity index (χ0) is 19.1. The van der Waals surface area contributed by atoms with Crippen LogP contribution in [0.15, 0.2) is 65.7 Å². The highest BCUT2D eigenvalue weighted by Gasteiger charge is 2.29. The van der Waals surface area contributed by atoms with Crippen LogP contribution in [0.1, 0.15) is 37.7 Å². The standard InChI is InChI=1S/C22H24O5/c23-21-13-18(27-11-5-10-22(24)25)12-19-17(14-26-15-20(19)21)9-4-8-16-6-2-1-3-7-16/h1-3,6-7,12,14-15,18H,4-5,8-11,13H2,(H,24,25). The minimum atomic E-state index is -0.838. The summed E-state index contributed by atoms with van der Waals surface area (Å²) in [6, 6.07) is 10.3. The number of allylic oxidation sites excluding steroid dienone is 3. The molecule has 0 radical (unpaired) electrons. The maximum absolute atomic E-state index is 12.4. The van der Waals surface area contributed by atoms with E-state index in [9.17, 15) is 9.59 Å². The molecule has 142 valence electrons. The molecule has 0 saturated heterocycles. The van der Waals surface area contributed by atoms with Gasteiger partial charge in [-0.3, -0.25) is 9.59 Å². The van der Waals surface area contributed by atoms with Crippen LogP contribution in [0.2, 0.25) is 0 Å². The van der Waals surface area contributed by atoms with Crippen molar-refractivity contribution >= 4 is 11.8 Å². The largest absolute Gasteiger partial charge is 0.481 e. The molecular formula is C22H24O5. The Morgan fingerprint density at radius 1 is 1.11 bits per heavy atom. The van der Waals surface area contributed by atoms with Crippen molar-refractivity contribution in [2.45, 2.75) is 44.6 Å². The van der Waals surface area contributed by atoms with Crippen LogP contribution in [0.4, 0.5) is 0 Å². The molecule has 0 bridgehead atoms. The number of carboxylic acids is 1. The molecule has 0 aromatic heterocycles. The van der Waals surface area contributed by atoms with Crippen LogP contribution in [0.3, 0.4) is 0 Å². The number of carbonyl (C=O) groups excluding carboxylic acids is 1. The SMILES string of the molecule is O=C(O)CCCOC1C=C2C(CCCc3ccccc3)=COC=C2C(=O)C1. The Morgan fingerprint density at radius 2 is 1.93 bits per heavy atom. The molecule has 1 aromatic carbocycles. The lowest BCUT2D eigenvalue weighted by molar-refractivity contribution is -0.137. The number of fused-ring (bicyclic) bond motifs is 1. The summed E-state index contributed by atoms with van der Waals surface area (Å²) >= 11 is 0. The van der Waals surface area contributed by atoms with E-state index >= 15 is 0 Å². The molecule has 0 saturated carbocycles. The summed E-state index contributed by atoms with van der Waals surface area (Å²) in [6.45, 7) is 0.330. The van der Waals surface area contributed by atoms with Gasteiger partial charge in [0.15, 0.2) is 5.78 Å². The minimum Gasteiger partial charge on any atom is -0.481 e. The Kier molecular flexibility index (Phi) is 6.60. The number of carbonyl (C=O) groups is 2. The van der Waals surface area contributed by atoms with Gasteiger partial charge in [-0.2, -0.15) is 0 Å². The van der Waals surface area contributed by atoms with Gasteiger partial charge in [0.1, 0.15) is 6.26 Å². The predicted octanol–water partition coefficient (Wildman–Crippen LogP) is 3.96. The van der Waals surface area contributed by atoms with E-state index in [2.05, 4.69) is 12.1 Å². The Hall–Kier alpha value is -2.66. The van der Waals surface area contributed by atoms with E-state index in [-0.39, 0.29) is 24.7 Å². The molecular weight excluding hydrogens is 344 g/mol. The molecule has 1 unspecified atom stereocenters. The minimum absolute atomic E-state index is 0.00407. The fourth-order valence-corrected chi connectivity index (χ4v) is 3.32. The fraction of sp³-hybridized carbons (Fsp3) is 0.364. The Morgan fingerprint density at radius 3 is 2.70 bits per heavy atom. The average molecular weight is 368 g/mol. The topological polar surface area (TPSA) is 72.8 Å². The molecule has 0 amide bonds. The van der Waals surface area contributed by atoms with Crippen LogP contribution in [-0.4, -0.2) is 29.6 Å². The zero-order valence-corrected chi connectivity index (χ0v) is 15.2. The molecule has 2 aliphatic rings. The number of carboxylic acid groups (broad SMARTS) is 1. The van der Waals surface area contributed by atoms with Crippen molar-refractivity contribution in [3.63, 3.8) is 0 Å². The summed E-state index contributed by atoms with van der Waals surface area (Å²) in [5, 5.41) is 8.70. The Bertz CT molecular complexity index is 773. The lowest BCUT2D eigenvalue weighted by atomic mass is 9.84. The monoisotopic (exact) mass is 368 g/mol. The van der Waals surface area contributed by atoms with E-state index in [1.165, 1.54) is 11.8 Å². The maximum atomic E-state index is 12.4. The van der Waals surface area contributed by atoms with Crippen molar-refractivity contribution < 1.29 is 24.2 Å². The number of benzene rings is 1. The third-order valence-electron chi connectivity index (χ3n) is 4.69. The van der Waals surface area contributed by atoms with E-state index < -0.39 is 5.97 Å². The van der Waals surface area contributed by atoms with Gasteiger partial charge in [-0.15, -0.1) is 0 Å². The second kappa shape index (κ2) is 9.33. The summed E-state index contributed by atoms with van der Waals surface area (Å²) in [7, 11) is 0. The van der Waals surface area contributed by atoms with E-state index in [0.29, 0.717) is 18.6 Å². The van der Waals surface area contributed by atoms with Crippen LogP contribution in [0.25, 0.3) is 0 Å². The fourth-order valence-electron chi connectivity index (χ4n) is 3.32. The number of aliphatic carboxylic acids is 1. The molecule has 1 N–H and O–H groups in total. The number of hydrogen-bond donors (Lipinski definition) is 1. The lowest BCUT2D eigenvalue weighted by Crippen LogP contribution is -2.25. The molecule has 1 heterocycles. The maximum Gasteiger partial charge on any atom is 0.303 e. The number of ether oxygens (including phenoxy) is 2. The van der Waals surface area contributed by atoms with Crippen molar-refractivity contribution in [1.29, 1.82) is 0 Å². The van der Waals surface area contributed by atoms with Gasteiger partial charge in [0, 0.05) is 19.4 Å². The average Bonchev–Trinajstić information content (AvgIpc) is 2.66. The van der Waals surface area contributed by atoms with Crippen LogP contribution in [0.5, 0.6) is 0 Å². The van der Waals surface area contributed by atoms with Gasteiger partial charge in [0.05, 0.1) is 17.9 Å². The van der Waals surface area contributed by atoms with Crippen molar-refractivity contribution in [1.82, 2.24) is 0 Å². The predicted molar refractivity (Wildman–Crippen MR) is 101 cm³/mol. The van der Waals surface area contributed by atoms with Gasteiger partial charge in [-0.25, -0.2) is 0 Å². The van der Waals surface area contributed by atoms with Crippen molar-refractivity contribution in [3.05, 3.63) is 71.2 Å². The van der Waals surface area contributed by atoms with Crippen molar-refractivity contribution in [3.8, 4) is 0 Å². The highest BCUT2D eigenvalue weighted by Crippen LogP contribution is 2.34.